The fourth-order valence-corrected chi connectivity index (χ4v) is 2.08. The van der Waals surface area contributed by atoms with E-state index in [0.717, 1.165) is 17.7 Å². The number of rotatable bonds is 6. The molecular weight excluding hydrogens is 294 g/mol. The van der Waals surface area contributed by atoms with E-state index in [2.05, 4.69) is 15.1 Å². The number of halogens is 2. The lowest BCUT2D eigenvalue weighted by molar-refractivity contribution is -0.199. The lowest BCUT2D eigenvalue weighted by Gasteiger charge is -2.19. The maximum Gasteiger partial charge on any atom is 0.257 e. The highest BCUT2D eigenvalue weighted by Gasteiger charge is 2.21. The van der Waals surface area contributed by atoms with Crippen LogP contribution in [0.2, 0.25) is 0 Å². The van der Waals surface area contributed by atoms with Crippen LogP contribution in [0.25, 0.3) is 0 Å². The predicted molar refractivity (Wildman–Crippen MR) is 75.3 cm³/mol. The quantitative estimate of drug-likeness (QED) is 0.790. The summed E-state index contributed by atoms with van der Waals surface area (Å²) in [5.41, 5.74) is 5.68. The molecule has 1 atom stereocenters. The van der Waals surface area contributed by atoms with Gasteiger partial charge in [-0.15, -0.1) is 0 Å². The average Bonchev–Trinajstić information content (AvgIpc) is 2.48. The minimum atomic E-state index is -0.905. The lowest BCUT2D eigenvalue weighted by Crippen LogP contribution is -2.37. The van der Waals surface area contributed by atoms with E-state index in [-0.39, 0.29) is 6.04 Å². The first-order chi connectivity index (χ1) is 10.6. The van der Waals surface area contributed by atoms with Crippen LogP contribution in [0.4, 0.5) is 8.78 Å². The zero-order valence-electron chi connectivity index (χ0n) is 11.7. The van der Waals surface area contributed by atoms with Gasteiger partial charge in [0.2, 0.25) is 0 Å². The molecule has 1 aromatic rings. The molecule has 0 saturated heterocycles. The highest BCUT2D eigenvalue weighted by molar-refractivity contribution is 5.94. The SMILES string of the molecule is NCC[C@H](CC1=COOC=C1)NC(=O)c1c(F)cccc1F. The van der Waals surface area contributed by atoms with Crippen LogP contribution in [0, 0.1) is 11.6 Å². The Morgan fingerprint density at radius 3 is 2.59 bits per heavy atom. The number of carbonyl (C=O) groups is 1. The van der Waals surface area contributed by atoms with Gasteiger partial charge >= 0.3 is 0 Å². The number of allylic oxidation sites excluding steroid dienone is 1. The molecule has 1 heterocycles. The van der Waals surface area contributed by atoms with Crippen LogP contribution < -0.4 is 11.1 Å². The highest BCUT2D eigenvalue weighted by atomic mass is 19.1. The van der Waals surface area contributed by atoms with Crippen LogP contribution in [0.5, 0.6) is 0 Å². The Kier molecular flexibility index (Phi) is 5.48. The van der Waals surface area contributed by atoms with Gasteiger partial charge in [-0.05, 0) is 43.2 Å². The standard InChI is InChI=1S/C15H16F2N2O3/c16-12-2-1-3-13(17)14(12)15(20)19-11(4-6-18)8-10-5-7-21-22-9-10/h1-3,5,7,9,11H,4,6,8,18H2,(H,19,20)/t11-/m1/s1. The molecule has 0 spiro atoms. The number of nitrogens with one attached hydrogen (secondary N) is 1. The number of benzene rings is 1. The van der Waals surface area contributed by atoms with Crippen LogP contribution in [0.3, 0.4) is 0 Å². The second kappa shape index (κ2) is 7.56. The van der Waals surface area contributed by atoms with Gasteiger partial charge in [-0.3, -0.25) is 14.6 Å². The minimum absolute atomic E-state index is 0.319. The van der Waals surface area contributed by atoms with Crippen molar-refractivity contribution in [1.29, 1.82) is 0 Å². The van der Waals surface area contributed by atoms with Crippen molar-refractivity contribution in [3.05, 3.63) is 59.6 Å². The zero-order chi connectivity index (χ0) is 15.9. The Hall–Kier alpha value is -2.41. The second-order valence-electron chi connectivity index (χ2n) is 4.74. The molecule has 7 heteroatoms. The van der Waals surface area contributed by atoms with Crippen LogP contribution in [0.1, 0.15) is 23.2 Å². The van der Waals surface area contributed by atoms with Crippen LogP contribution >= 0.6 is 0 Å². The van der Waals surface area contributed by atoms with Gasteiger partial charge in [0.05, 0.1) is 0 Å². The van der Waals surface area contributed by atoms with E-state index in [1.165, 1.54) is 18.6 Å². The molecule has 1 aromatic carbocycles. The van der Waals surface area contributed by atoms with Crippen molar-refractivity contribution >= 4 is 5.91 Å². The van der Waals surface area contributed by atoms with E-state index in [1.54, 1.807) is 6.08 Å². The topological polar surface area (TPSA) is 73.6 Å². The normalized spacial score (nSPS) is 14.6. The summed E-state index contributed by atoms with van der Waals surface area (Å²) in [6.07, 6.45) is 5.27. The van der Waals surface area contributed by atoms with E-state index in [4.69, 9.17) is 5.73 Å². The van der Waals surface area contributed by atoms with E-state index in [9.17, 15) is 13.6 Å². The molecule has 1 aliphatic heterocycles. The van der Waals surface area contributed by atoms with E-state index in [0.29, 0.717) is 19.4 Å². The van der Waals surface area contributed by atoms with Crippen molar-refractivity contribution in [2.75, 3.05) is 6.54 Å². The maximum absolute atomic E-state index is 13.6. The molecule has 0 saturated carbocycles. The van der Waals surface area contributed by atoms with E-state index >= 15 is 0 Å². The smallest absolute Gasteiger partial charge is 0.257 e. The average molecular weight is 310 g/mol. The Labute approximate surface area is 126 Å². The van der Waals surface area contributed by atoms with Gasteiger partial charge in [-0.2, -0.15) is 0 Å². The zero-order valence-corrected chi connectivity index (χ0v) is 11.7. The summed E-state index contributed by atoms with van der Waals surface area (Å²) in [5.74, 6) is -2.62. The highest BCUT2D eigenvalue weighted by Crippen LogP contribution is 2.16. The molecule has 0 radical (unpaired) electrons. The Bertz CT molecular complexity index is 582. The van der Waals surface area contributed by atoms with Crippen molar-refractivity contribution in [2.45, 2.75) is 18.9 Å². The summed E-state index contributed by atoms with van der Waals surface area (Å²) in [4.78, 5) is 21.3. The third-order valence-corrected chi connectivity index (χ3v) is 3.11. The summed E-state index contributed by atoms with van der Waals surface area (Å²) >= 11 is 0. The summed E-state index contributed by atoms with van der Waals surface area (Å²) < 4.78 is 27.2. The number of carbonyl (C=O) groups excluding carboxylic acids is 1. The summed E-state index contributed by atoms with van der Waals surface area (Å²) in [6.45, 7) is 0.319. The summed E-state index contributed by atoms with van der Waals surface area (Å²) in [6, 6.07) is 2.89. The monoisotopic (exact) mass is 310 g/mol. The van der Waals surface area contributed by atoms with Crippen molar-refractivity contribution in [3.63, 3.8) is 0 Å². The molecule has 1 aliphatic rings. The second-order valence-corrected chi connectivity index (χ2v) is 4.74. The predicted octanol–water partition coefficient (Wildman–Crippen LogP) is 2.16. The van der Waals surface area contributed by atoms with Crippen molar-refractivity contribution < 1.29 is 23.4 Å². The van der Waals surface area contributed by atoms with Gasteiger partial charge in [0.25, 0.3) is 5.91 Å². The van der Waals surface area contributed by atoms with Gasteiger partial charge in [-0.25, -0.2) is 8.78 Å². The van der Waals surface area contributed by atoms with E-state index < -0.39 is 23.1 Å². The van der Waals surface area contributed by atoms with Gasteiger partial charge in [0.1, 0.15) is 29.7 Å². The Morgan fingerprint density at radius 2 is 2.00 bits per heavy atom. The maximum atomic E-state index is 13.6. The fourth-order valence-electron chi connectivity index (χ4n) is 2.08. The van der Waals surface area contributed by atoms with Crippen molar-refractivity contribution in [1.82, 2.24) is 5.32 Å². The third kappa shape index (κ3) is 4.05. The van der Waals surface area contributed by atoms with Gasteiger partial charge < -0.3 is 11.1 Å². The van der Waals surface area contributed by atoms with Crippen LogP contribution in [-0.2, 0) is 9.78 Å². The first-order valence-corrected chi connectivity index (χ1v) is 6.74. The van der Waals surface area contributed by atoms with E-state index in [1.807, 2.05) is 0 Å². The van der Waals surface area contributed by atoms with Gasteiger partial charge in [0.15, 0.2) is 0 Å². The molecule has 0 unspecified atom stereocenters. The molecule has 2 rings (SSSR count). The minimum Gasteiger partial charge on any atom is -0.349 e. The van der Waals surface area contributed by atoms with Gasteiger partial charge in [0, 0.05) is 6.04 Å². The molecule has 118 valence electrons. The fraction of sp³-hybridized carbons (Fsp3) is 0.267. The number of hydrogen-bond acceptors (Lipinski definition) is 4. The summed E-state index contributed by atoms with van der Waals surface area (Å²) in [5, 5.41) is 2.59. The first-order valence-electron chi connectivity index (χ1n) is 6.74. The van der Waals surface area contributed by atoms with Crippen LogP contribution in [0.15, 0.2) is 42.4 Å². The van der Waals surface area contributed by atoms with Crippen molar-refractivity contribution in [2.24, 2.45) is 5.73 Å². The number of hydrogen-bond donors (Lipinski definition) is 2. The van der Waals surface area contributed by atoms with Crippen LogP contribution in [-0.4, -0.2) is 18.5 Å². The first kappa shape index (κ1) is 16.0. The molecule has 1 amide bonds. The van der Waals surface area contributed by atoms with Gasteiger partial charge in [-0.1, -0.05) is 6.07 Å². The molecule has 0 aromatic heterocycles. The number of amides is 1. The molecular formula is C15H16F2N2O3. The largest absolute Gasteiger partial charge is 0.349 e. The molecule has 22 heavy (non-hydrogen) atoms. The third-order valence-electron chi connectivity index (χ3n) is 3.11. The molecule has 3 N–H and O–H groups in total. The Balaban J connectivity index is 2.08. The lowest BCUT2D eigenvalue weighted by atomic mass is 10.0. The number of nitrogens with two attached hydrogens (primary N) is 1. The molecule has 0 aliphatic carbocycles. The molecule has 5 nitrogen and oxygen atoms in total. The summed E-state index contributed by atoms with van der Waals surface area (Å²) in [7, 11) is 0. The molecule has 0 bridgehead atoms. The van der Waals surface area contributed by atoms with Crippen molar-refractivity contribution in [3.8, 4) is 0 Å². The molecule has 0 fully saturated rings. The Morgan fingerprint density at radius 1 is 1.27 bits per heavy atom.